The highest BCUT2D eigenvalue weighted by atomic mass is 16.5. The fraction of sp³-hybridized carbons (Fsp3) is 0.684. The summed E-state index contributed by atoms with van der Waals surface area (Å²) >= 11 is 0. The van der Waals surface area contributed by atoms with E-state index in [1.165, 1.54) is 32.1 Å². The number of nitrogens with zero attached hydrogens (tertiary/aromatic N) is 1. The van der Waals surface area contributed by atoms with Gasteiger partial charge in [0.15, 0.2) is 0 Å². The summed E-state index contributed by atoms with van der Waals surface area (Å²) in [4.78, 5) is 2.47. The summed E-state index contributed by atoms with van der Waals surface area (Å²) in [5.41, 5.74) is 8.11. The number of nitrogens with two attached hydrogens (primary N) is 1. The van der Waals surface area contributed by atoms with Crippen molar-refractivity contribution in [2.24, 2.45) is 0 Å². The molecule has 0 aromatic heterocycles. The van der Waals surface area contributed by atoms with E-state index in [2.05, 4.69) is 31.7 Å². The highest BCUT2D eigenvalue weighted by molar-refractivity contribution is 5.76. The van der Waals surface area contributed by atoms with Crippen molar-refractivity contribution in [3.8, 4) is 5.75 Å². The molecule has 0 atom stereocenters. The Kier molecular flexibility index (Phi) is 5.98. The lowest BCUT2D eigenvalue weighted by molar-refractivity contribution is 0.0575. The molecule has 0 radical (unpaired) electrons. The molecule has 124 valence electrons. The Labute approximate surface area is 135 Å². The molecule has 1 aromatic carbocycles. The van der Waals surface area contributed by atoms with Crippen LogP contribution in [0.3, 0.4) is 0 Å². The quantitative estimate of drug-likeness (QED) is 0.543. The zero-order valence-electron chi connectivity index (χ0n) is 14.5. The zero-order chi connectivity index (χ0) is 16.0. The fourth-order valence-electron chi connectivity index (χ4n) is 3.37. The van der Waals surface area contributed by atoms with E-state index in [9.17, 15) is 0 Å². The van der Waals surface area contributed by atoms with Gasteiger partial charge in [-0.3, -0.25) is 0 Å². The predicted molar refractivity (Wildman–Crippen MR) is 95.8 cm³/mol. The third kappa shape index (κ3) is 3.68. The van der Waals surface area contributed by atoms with Gasteiger partial charge in [0.1, 0.15) is 17.0 Å². The van der Waals surface area contributed by atoms with Gasteiger partial charge in [-0.1, -0.05) is 52.5 Å². The molecule has 3 heteroatoms. The van der Waals surface area contributed by atoms with Crippen molar-refractivity contribution in [3.05, 3.63) is 18.2 Å². The number of anilines is 2. The smallest absolute Gasteiger partial charge is 0.145 e. The molecule has 1 aliphatic rings. The molecule has 2 rings (SSSR count). The Hall–Kier alpha value is -1.38. The molecule has 2 N–H and O–H groups in total. The molecule has 1 aliphatic heterocycles. The number of benzene rings is 1. The number of para-hydroxylation sites is 1. The Bertz CT molecular complexity index is 469. The van der Waals surface area contributed by atoms with Crippen molar-refractivity contribution in [2.75, 3.05) is 23.7 Å². The van der Waals surface area contributed by atoms with E-state index in [1.807, 2.05) is 12.1 Å². The molecule has 1 heterocycles. The van der Waals surface area contributed by atoms with E-state index < -0.39 is 0 Å². The molecule has 0 fully saturated rings. The minimum Gasteiger partial charge on any atom is -0.483 e. The van der Waals surface area contributed by atoms with Crippen LogP contribution in [-0.2, 0) is 0 Å². The van der Waals surface area contributed by atoms with Gasteiger partial charge in [0.05, 0.1) is 12.2 Å². The summed E-state index contributed by atoms with van der Waals surface area (Å²) < 4.78 is 6.35. The third-order valence-corrected chi connectivity index (χ3v) is 4.97. The normalized spacial score (nSPS) is 16.2. The second-order valence-electron chi connectivity index (χ2n) is 6.52. The second kappa shape index (κ2) is 7.75. The van der Waals surface area contributed by atoms with Crippen LogP contribution in [0.4, 0.5) is 11.4 Å². The minimum absolute atomic E-state index is 0.0653. The first kappa shape index (κ1) is 17.0. The van der Waals surface area contributed by atoms with Crippen molar-refractivity contribution < 1.29 is 4.74 Å². The number of hydrogen-bond donors (Lipinski definition) is 1. The zero-order valence-corrected chi connectivity index (χ0v) is 14.5. The maximum atomic E-state index is 6.35. The summed E-state index contributed by atoms with van der Waals surface area (Å²) in [7, 11) is 0. The van der Waals surface area contributed by atoms with Gasteiger partial charge in [0.25, 0.3) is 0 Å². The van der Waals surface area contributed by atoms with Crippen molar-refractivity contribution in [1.82, 2.24) is 0 Å². The van der Waals surface area contributed by atoms with Crippen molar-refractivity contribution >= 4 is 11.4 Å². The fourth-order valence-corrected chi connectivity index (χ4v) is 3.37. The van der Waals surface area contributed by atoms with E-state index in [0.29, 0.717) is 0 Å². The molecule has 0 spiro atoms. The van der Waals surface area contributed by atoms with Gasteiger partial charge in [-0.25, -0.2) is 0 Å². The first-order valence-electron chi connectivity index (χ1n) is 8.98. The van der Waals surface area contributed by atoms with Crippen LogP contribution in [0.25, 0.3) is 0 Å². The van der Waals surface area contributed by atoms with Crippen LogP contribution in [0, 0.1) is 0 Å². The average Bonchev–Trinajstić information content (AvgIpc) is 2.54. The van der Waals surface area contributed by atoms with Crippen LogP contribution in [0.1, 0.15) is 65.7 Å². The Morgan fingerprint density at radius 2 is 1.82 bits per heavy atom. The summed E-state index contributed by atoms with van der Waals surface area (Å²) in [6.07, 6.45) is 8.58. The molecule has 0 aliphatic carbocycles. The van der Waals surface area contributed by atoms with E-state index in [1.54, 1.807) is 0 Å². The van der Waals surface area contributed by atoms with Crippen LogP contribution in [0.2, 0.25) is 0 Å². The van der Waals surface area contributed by atoms with Crippen LogP contribution in [0.5, 0.6) is 5.75 Å². The lowest BCUT2D eigenvalue weighted by Crippen LogP contribution is -2.50. The first-order chi connectivity index (χ1) is 10.7. The lowest BCUT2D eigenvalue weighted by Gasteiger charge is -2.44. The Morgan fingerprint density at radius 3 is 2.50 bits per heavy atom. The van der Waals surface area contributed by atoms with Crippen LogP contribution in [-0.4, -0.2) is 18.7 Å². The number of ether oxygens (including phenoxy) is 1. The predicted octanol–water partition coefficient (Wildman–Crippen LogP) is 5.00. The third-order valence-electron chi connectivity index (χ3n) is 4.97. The van der Waals surface area contributed by atoms with Gasteiger partial charge in [0, 0.05) is 6.54 Å². The van der Waals surface area contributed by atoms with Gasteiger partial charge in [-0.05, 0) is 31.4 Å². The minimum atomic E-state index is -0.0653. The van der Waals surface area contributed by atoms with Crippen molar-refractivity contribution in [2.45, 2.75) is 71.3 Å². The van der Waals surface area contributed by atoms with Crippen molar-refractivity contribution in [3.63, 3.8) is 0 Å². The van der Waals surface area contributed by atoms with Gasteiger partial charge in [-0.2, -0.15) is 0 Å². The molecular weight excluding hydrogens is 272 g/mol. The number of rotatable bonds is 8. The highest BCUT2D eigenvalue weighted by Gasteiger charge is 2.37. The molecule has 0 bridgehead atoms. The van der Waals surface area contributed by atoms with E-state index in [0.717, 1.165) is 43.1 Å². The SMILES string of the molecule is CCCCCCCN1CC(CC)(CC)Oc2cccc(N)c21. The van der Waals surface area contributed by atoms with Crippen LogP contribution < -0.4 is 15.4 Å². The Morgan fingerprint density at radius 1 is 1.09 bits per heavy atom. The molecule has 22 heavy (non-hydrogen) atoms. The lowest BCUT2D eigenvalue weighted by atomic mass is 9.93. The number of unbranched alkanes of at least 4 members (excludes halogenated alkanes) is 4. The maximum absolute atomic E-state index is 6.35. The topological polar surface area (TPSA) is 38.5 Å². The standard InChI is InChI=1S/C19H32N2O/c1-4-7-8-9-10-14-21-15-19(5-2,6-3)22-17-13-11-12-16(20)18(17)21/h11-13H,4-10,14-15,20H2,1-3H3. The molecule has 1 aromatic rings. The van der Waals surface area contributed by atoms with E-state index in [4.69, 9.17) is 10.5 Å². The summed E-state index contributed by atoms with van der Waals surface area (Å²) in [6, 6.07) is 6.04. The highest BCUT2D eigenvalue weighted by Crippen LogP contribution is 2.43. The number of hydrogen-bond acceptors (Lipinski definition) is 3. The van der Waals surface area contributed by atoms with Crippen LogP contribution >= 0.6 is 0 Å². The monoisotopic (exact) mass is 304 g/mol. The second-order valence-corrected chi connectivity index (χ2v) is 6.52. The van der Waals surface area contributed by atoms with E-state index in [-0.39, 0.29) is 5.60 Å². The van der Waals surface area contributed by atoms with Gasteiger partial charge in [0.2, 0.25) is 0 Å². The molecule has 0 amide bonds. The summed E-state index contributed by atoms with van der Waals surface area (Å²) in [5, 5.41) is 0. The summed E-state index contributed by atoms with van der Waals surface area (Å²) in [6.45, 7) is 8.74. The molecule has 0 saturated heterocycles. The molecule has 0 saturated carbocycles. The molecular formula is C19H32N2O. The summed E-state index contributed by atoms with van der Waals surface area (Å²) in [5.74, 6) is 0.962. The number of nitrogen functional groups attached to an aromatic ring is 1. The molecule has 0 unspecified atom stereocenters. The van der Waals surface area contributed by atoms with Gasteiger partial charge < -0.3 is 15.4 Å². The Balaban J connectivity index is 2.13. The van der Waals surface area contributed by atoms with Crippen LogP contribution in [0.15, 0.2) is 18.2 Å². The number of fused-ring (bicyclic) bond motifs is 1. The average molecular weight is 304 g/mol. The van der Waals surface area contributed by atoms with Gasteiger partial charge in [-0.15, -0.1) is 0 Å². The largest absolute Gasteiger partial charge is 0.483 e. The van der Waals surface area contributed by atoms with Gasteiger partial charge >= 0.3 is 0 Å². The van der Waals surface area contributed by atoms with E-state index >= 15 is 0 Å². The van der Waals surface area contributed by atoms with Crippen molar-refractivity contribution in [1.29, 1.82) is 0 Å². The maximum Gasteiger partial charge on any atom is 0.145 e. The molecule has 3 nitrogen and oxygen atoms in total. The first-order valence-corrected chi connectivity index (χ1v) is 8.98.